The van der Waals surface area contributed by atoms with Crippen LogP contribution in [0.1, 0.15) is 10.4 Å². The van der Waals surface area contributed by atoms with Crippen LogP contribution in [-0.4, -0.2) is 11.2 Å². The van der Waals surface area contributed by atoms with Gasteiger partial charge in [-0.1, -0.05) is 30.3 Å². The monoisotopic (exact) mass is 227 g/mol. The Labute approximate surface area is 97.7 Å². The number of hydrogen-bond acceptors (Lipinski definition) is 3. The van der Waals surface area contributed by atoms with Crippen LogP contribution in [0, 0.1) is 10.1 Å². The number of benzene rings is 2. The maximum absolute atomic E-state index is 10.9. The van der Waals surface area contributed by atoms with E-state index < -0.39 is 4.92 Å². The van der Waals surface area contributed by atoms with Gasteiger partial charge in [-0.3, -0.25) is 14.9 Å². The van der Waals surface area contributed by atoms with Crippen molar-refractivity contribution in [3.05, 3.63) is 64.2 Å². The van der Waals surface area contributed by atoms with Gasteiger partial charge in [-0.2, -0.15) is 0 Å². The van der Waals surface area contributed by atoms with Crippen molar-refractivity contribution in [3.63, 3.8) is 0 Å². The van der Waals surface area contributed by atoms with Crippen molar-refractivity contribution in [2.45, 2.75) is 0 Å². The summed E-state index contributed by atoms with van der Waals surface area (Å²) in [7, 11) is 0. The van der Waals surface area contributed by atoms with Crippen LogP contribution in [0.2, 0.25) is 0 Å². The fourth-order valence-corrected chi connectivity index (χ4v) is 1.66. The summed E-state index contributed by atoms with van der Waals surface area (Å²) in [5.74, 6) is 0. The van der Waals surface area contributed by atoms with E-state index in [0.29, 0.717) is 16.7 Å². The van der Waals surface area contributed by atoms with Gasteiger partial charge in [0.2, 0.25) is 0 Å². The molecule has 2 aromatic rings. The Bertz CT molecular complexity index is 578. The second kappa shape index (κ2) is 4.57. The van der Waals surface area contributed by atoms with Crippen LogP contribution in [-0.2, 0) is 0 Å². The highest BCUT2D eigenvalue weighted by Gasteiger charge is 2.13. The Balaban J connectivity index is 2.59. The fourth-order valence-electron chi connectivity index (χ4n) is 1.66. The molecule has 0 atom stereocenters. The topological polar surface area (TPSA) is 60.2 Å². The second-order valence-electron chi connectivity index (χ2n) is 3.52. The van der Waals surface area contributed by atoms with Gasteiger partial charge in [0.05, 0.1) is 10.5 Å². The lowest BCUT2D eigenvalue weighted by molar-refractivity contribution is -0.384. The van der Waals surface area contributed by atoms with Crippen LogP contribution in [0.3, 0.4) is 0 Å². The molecule has 0 saturated heterocycles. The number of nitrogens with zero attached hydrogens (tertiary/aromatic N) is 1. The van der Waals surface area contributed by atoms with E-state index in [1.165, 1.54) is 6.07 Å². The van der Waals surface area contributed by atoms with Gasteiger partial charge in [-0.25, -0.2) is 0 Å². The number of aldehydes is 1. The zero-order valence-corrected chi connectivity index (χ0v) is 8.87. The molecule has 0 bridgehead atoms. The fraction of sp³-hybridized carbons (Fsp3) is 0. The minimum Gasteiger partial charge on any atom is -0.298 e. The predicted octanol–water partition coefficient (Wildman–Crippen LogP) is 3.07. The van der Waals surface area contributed by atoms with Crippen LogP contribution in [0.15, 0.2) is 48.5 Å². The molecule has 0 aromatic heterocycles. The molecule has 0 aliphatic carbocycles. The quantitative estimate of drug-likeness (QED) is 0.460. The SMILES string of the molecule is O=Cc1cccc(-c2ccccc2[N+](=O)[O-])c1. The zero-order valence-electron chi connectivity index (χ0n) is 8.87. The van der Waals surface area contributed by atoms with Gasteiger partial charge in [0.25, 0.3) is 5.69 Å². The number of rotatable bonds is 3. The summed E-state index contributed by atoms with van der Waals surface area (Å²) in [5, 5.41) is 10.9. The molecule has 2 rings (SSSR count). The number of carbonyl (C=O) groups excluding carboxylic acids is 1. The van der Waals surface area contributed by atoms with Crippen LogP contribution >= 0.6 is 0 Å². The van der Waals surface area contributed by atoms with Gasteiger partial charge in [0.1, 0.15) is 6.29 Å². The highest BCUT2D eigenvalue weighted by molar-refractivity contribution is 5.81. The minimum atomic E-state index is -0.428. The summed E-state index contributed by atoms with van der Waals surface area (Å²) in [6.45, 7) is 0. The minimum absolute atomic E-state index is 0.0375. The summed E-state index contributed by atoms with van der Waals surface area (Å²) < 4.78 is 0. The molecule has 84 valence electrons. The molecule has 0 amide bonds. The third-order valence-corrected chi connectivity index (χ3v) is 2.43. The first-order chi connectivity index (χ1) is 8.22. The lowest BCUT2D eigenvalue weighted by atomic mass is 10.0. The first kappa shape index (κ1) is 11.0. The third-order valence-electron chi connectivity index (χ3n) is 2.43. The van der Waals surface area contributed by atoms with E-state index in [0.717, 1.165) is 6.29 Å². The van der Waals surface area contributed by atoms with E-state index in [9.17, 15) is 14.9 Å². The molecule has 0 radical (unpaired) electrons. The van der Waals surface area contributed by atoms with Crippen LogP contribution < -0.4 is 0 Å². The summed E-state index contributed by atoms with van der Waals surface area (Å²) in [6.07, 6.45) is 0.721. The molecule has 4 nitrogen and oxygen atoms in total. The predicted molar refractivity (Wildman–Crippen MR) is 63.9 cm³/mol. The van der Waals surface area contributed by atoms with Gasteiger partial charge >= 0.3 is 0 Å². The second-order valence-corrected chi connectivity index (χ2v) is 3.52. The zero-order chi connectivity index (χ0) is 12.3. The van der Waals surface area contributed by atoms with Crippen molar-refractivity contribution in [1.29, 1.82) is 0 Å². The number of para-hydroxylation sites is 1. The Morgan fingerprint density at radius 2 is 1.82 bits per heavy atom. The first-order valence-electron chi connectivity index (χ1n) is 5.01. The summed E-state index contributed by atoms with van der Waals surface area (Å²) in [5.41, 5.74) is 1.72. The molecule has 0 fully saturated rings. The normalized spacial score (nSPS) is 9.88. The van der Waals surface area contributed by atoms with Crippen molar-refractivity contribution >= 4 is 12.0 Å². The molecule has 0 N–H and O–H groups in total. The van der Waals surface area contributed by atoms with Crippen molar-refractivity contribution in [1.82, 2.24) is 0 Å². The van der Waals surface area contributed by atoms with Crippen LogP contribution in [0.25, 0.3) is 11.1 Å². The van der Waals surface area contributed by atoms with Gasteiger partial charge in [0, 0.05) is 11.6 Å². The lowest BCUT2D eigenvalue weighted by Crippen LogP contribution is -1.92. The largest absolute Gasteiger partial charge is 0.298 e. The number of carbonyl (C=O) groups is 1. The Hall–Kier alpha value is -2.49. The highest BCUT2D eigenvalue weighted by Crippen LogP contribution is 2.29. The molecule has 0 unspecified atom stereocenters. The van der Waals surface area contributed by atoms with E-state index >= 15 is 0 Å². The molecule has 0 heterocycles. The lowest BCUT2D eigenvalue weighted by Gasteiger charge is -2.03. The van der Waals surface area contributed by atoms with E-state index in [-0.39, 0.29) is 5.69 Å². The maximum atomic E-state index is 10.9. The third kappa shape index (κ3) is 2.20. The van der Waals surface area contributed by atoms with Crippen molar-refractivity contribution in [3.8, 4) is 11.1 Å². The van der Waals surface area contributed by atoms with Crippen LogP contribution in [0.5, 0.6) is 0 Å². The van der Waals surface area contributed by atoms with Gasteiger partial charge < -0.3 is 0 Å². The Kier molecular flexibility index (Phi) is 2.96. The average molecular weight is 227 g/mol. The molecular weight excluding hydrogens is 218 g/mol. The smallest absolute Gasteiger partial charge is 0.277 e. The number of hydrogen-bond donors (Lipinski definition) is 0. The summed E-state index contributed by atoms with van der Waals surface area (Å²) in [4.78, 5) is 21.1. The number of nitro groups is 1. The van der Waals surface area contributed by atoms with Gasteiger partial charge in [-0.05, 0) is 17.7 Å². The van der Waals surface area contributed by atoms with Crippen molar-refractivity contribution in [2.75, 3.05) is 0 Å². The summed E-state index contributed by atoms with van der Waals surface area (Å²) in [6, 6.07) is 13.2. The highest BCUT2D eigenvalue weighted by atomic mass is 16.6. The molecule has 2 aromatic carbocycles. The number of nitro benzene ring substituents is 1. The van der Waals surface area contributed by atoms with Crippen molar-refractivity contribution in [2.24, 2.45) is 0 Å². The average Bonchev–Trinajstić information content (AvgIpc) is 2.39. The van der Waals surface area contributed by atoms with E-state index in [2.05, 4.69) is 0 Å². The molecule has 0 spiro atoms. The molecule has 0 saturated carbocycles. The first-order valence-corrected chi connectivity index (χ1v) is 5.01. The van der Waals surface area contributed by atoms with Gasteiger partial charge in [0.15, 0.2) is 0 Å². The summed E-state index contributed by atoms with van der Waals surface area (Å²) >= 11 is 0. The van der Waals surface area contributed by atoms with Crippen molar-refractivity contribution < 1.29 is 9.72 Å². The Morgan fingerprint density at radius 3 is 2.53 bits per heavy atom. The van der Waals surface area contributed by atoms with Crippen LogP contribution in [0.4, 0.5) is 5.69 Å². The molecule has 0 aliphatic rings. The molecule has 17 heavy (non-hydrogen) atoms. The van der Waals surface area contributed by atoms with E-state index in [4.69, 9.17) is 0 Å². The standard InChI is InChI=1S/C13H9NO3/c15-9-10-4-3-5-11(8-10)12-6-1-2-7-13(12)14(16)17/h1-9H. The molecular formula is C13H9NO3. The molecule has 0 aliphatic heterocycles. The molecule has 4 heteroatoms. The van der Waals surface area contributed by atoms with E-state index in [1.54, 1.807) is 42.5 Å². The van der Waals surface area contributed by atoms with Gasteiger partial charge in [-0.15, -0.1) is 0 Å². The van der Waals surface area contributed by atoms with E-state index in [1.807, 2.05) is 0 Å². The maximum Gasteiger partial charge on any atom is 0.277 e. The Morgan fingerprint density at radius 1 is 1.06 bits per heavy atom.